The van der Waals surface area contributed by atoms with Crippen molar-refractivity contribution in [1.82, 2.24) is 4.90 Å². The van der Waals surface area contributed by atoms with Crippen LogP contribution < -0.4 is 9.47 Å². The molecule has 2 rings (SSSR count). The molecule has 0 bridgehead atoms. The van der Waals surface area contributed by atoms with Gasteiger partial charge in [0.25, 0.3) is 0 Å². The smallest absolute Gasteiger partial charge is 0.470 e. The Morgan fingerprint density at radius 2 is 1.06 bits per heavy atom. The van der Waals surface area contributed by atoms with Crippen LogP contribution in [0, 0.1) is 0 Å². The highest BCUT2D eigenvalue weighted by Gasteiger charge is 2.79. The molecule has 176 valence electrons. The maximum absolute atomic E-state index is 14.3. The van der Waals surface area contributed by atoms with Crippen LogP contribution in [-0.2, 0) is 4.79 Å². The fourth-order valence-electron chi connectivity index (χ4n) is 2.50. The Bertz CT molecular complexity index is 922. The van der Waals surface area contributed by atoms with Crippen molar-refractivity contribution in [3.05, 3.63) is 48.5 Å². The van der Waals surface area contributed by atoms with Gasteiger partial charge in [0.2, 0.25) is 0 Å². The van der Waals surface area contributed by atoms with Crippen LogP contribution in [0.3, 0.4) is 0 Å². The minimum absolute atomic E-state index is 0.377. The predicted molar refractivity (Wildman–Crippen MR) is 87.9 cm³/mol. The number of benzene rings is 2. The number of ether oxygens (including phenoxy) is 2. The Balaban J connectivity index is 2.38. The topological polar surface area (TPSA) is 38.8 Å². The molecule has 0 saturated carbocycles. The maximum atomic E-state index is 14.3. The van der Waals surface area contributed by atoms with E-state index >= 15 is 0 Å². The van der Waals surface area contributed by atoms with E-state index in [2.05, 4.69) is 4.74 Å². The van der Waals surface area contributed by atoms with E-state index in [9.17, 15) is 48.7 Å². The molecule has 0 unspecified atom stereocenters. The van der Waals surface area contributed by atoms with Gasteiger partial charge in [-0.05, 0) is 35.4 Å². The number of carbonyl (C=O) groups is 1. The Kier molecular flexibility index (Phi) is 6.69. The van der Waals surface area contributed by atoms with Crippen LogP contribution in [0.2, 0.25) is 0 Å². The summed E-state index contributed by atoms with van der Waals surface area (Å²) < 4.78 is 138. The highest BCUT2D eigenvalue weighted by molar-refractivity contribution is 5.82. The Morgan fingerprint density at radius 3 is 1.38 bits per heavy atom. The molecule has 0 aliphatic rings. The average Bonchev–Trinajstić information content (AvgIpc) is 2.65. The van der Waals surface area contributed by atoms with Crippen LogP contribution >= 0.6 is 0 Å². The Labute approximate surface area is 172 Å². The van der Waals surface area contributed by atoms with E-state index in [0.29, 0.717) is 16.9 Å². The number of halogens is 10. The van der Waals surface area contributed by atoms with E-state index < -0.39 is 41.2 Å². The fraction of sp³-hybridized carbons (Fsp3) is 0.278. The first-order chi connectivity index (χ1) is 14.5. The molecule has 0 N–H and O–H groups in total. The van der Waals surface area contributed by atoms with Crippen molar-refractivity contribution in [3.63, 3.8) is 0 Å². The van der Waals surface area contributed by atoms with Gasteiger partial charge in [0.15, 0.2) is 0 Å². The lowest BCUT2D eigenvalue weighted by atomic mass is 10.1. The molecular weight excluding hydrogens is 468 g/mol. The van der Waals surface area contributed by atoms with E-state index in [0.717, 1.165) is 24.3 Å². The van der Waals surface area contributed by atoms with Gasteiger partial charge in [-0.15, -0.1) is 0 Å². The van der Waals surface area contributed by atoms with Gasteiger partial charge in [-0.1, -0.05) is 29.2 Å². The minimum Gasteiger partial charge on any atom is -0.497 e. The average molecular weight is 479 g/mol. The van der Waals surface area contributed by atoms with E-state index in [1.165, 1.54) is 7.11 Å². The summed E-state index contributed by atoms with van der Waals surface area (Å²) >= 11 is 0. The van der Waals surface area contributed by atoms with Gasteiger partial charge in [-0.2, -0.15) is 39.5 Å². The van der Waals surface area contributed by atoms with Gasteiger partial charge >= 0.3 is 30.5 Å². The van der Waals surface area contributed by atoms with Crippen LogP contribution in [-0.4, -0.2) is 42.5 Å². The first kappa shape index (κ1) is 25.2. The van der Waals surface area contributed by atoms with Gasteiger partial charge in [0.05, 0.1) is 7.11 Å². The number of alkyl halides is 10. The highest BCUT2D eigenvalue weighted by atomic mass is 19.4. The first-order valence-electron chi connectivity index (χ1n) is 8.18. The molecule has 0 aliphatic carbocycles. The molecule has 14 heteroatoms. The van der Waals surface area contributed by atoms with Crippen molar-refractivity contribution in [2.75, 3.05) is 7.11 Å². The molecule has 0 fully saturated rings. The first-order valence-corrected chi connectivity index (χ1v) is 8.18. The number of hydrogen-bond acceptors (Lipinski definition) is 4. The van der Waals surface area contributed by atoms with E-state index in [1.54, 1.807) is 24.3 Å². The molecule has 0 radical (unpaired) electrons. The molecular formula is C18H11F10NO3. The van der Waals surface area contributed by atoms with Crippen molar-refractivity contribution in [2.45, 2.75) is 24.6 Å². The standard InChI is InChI=1S/C18H11F10NO3/c1-31-12-6-2-10(3-7-12)11-4-8-13(9-5-11)32-14(30)15(19,16(20,21)22)29(17(23,24)25)18(26,27)28/h2-9H,1H3/t15-/m1/s1. The van der Waals surface area contributed by atoms with Crippen molar-refractivity contribution < 1.29 is 58.2 Å². The SMILES string of the molecule is COc1ccc(-c2ccc(OC(=O)[C@@](F)(N(C(F)(F)F)C(F)(F)F)C(F)(F)F)cc2)cc1. The maximum Gasteiger partial charge on any atom is 0.470 e. The van der Waals surface area contributed by atoms with E-state index in [-0.39, 0.29) is 0 Å². The van der Waals surface area contributed by atoms with Crippen molar-refractivity contribution in [2.24, 2.45) is 0 Å². The van der Waals surface area contributed by atoms with Crippen molar-refractivity contribution in [1.29, 1.82) is 0 Å². The molecule has 32 heavy (non-hydrogen) atoms. The van der Waals surface area contributed by atoms with Crippen molar-refractivity contribution >= 4 is 5.97 Å². The molecule has 0 aliphatic heterocycles. The van der Waals surface area contributed by atoms with Crippen LogP contribution in [0.25, 0.3) is 11.1 Å². The summed E-state index contributed by atoms with van der Waals surface area (Å²) in [6.45, 7) is 0. The number of rotatable bonds is 5. The zero-order chi connectivity index (χ0) is 24.5. The molecule has 0 saturated heterocycles. The summed E-state index contributed by atoms with van der Waals surface area (Å²) in [5.41, 5.74) is 0.904. The Morgan fingerprint density at radius 1 is 0.688 bits per heavy atom. The molecule has 0 amide bonds. The van der Waals surface area contributed by atoms with Crippen LogP contribution in [0.4, 0.5) is 43.9 Å². The normalized spacial score (nSPS) is 14.8. The number of carbonyl (C=O) groups excluding carboxylic acids is 1. The summed E-state index contributed by atoms with van der Waals surface area (Å²) in [7, 11) is 1.41. The molecule has 0 aromatic heterocycles. The second kappa shape index (κ2) is 8.48. The summed E-state index contributed by atoms with van der Waals surface area (Å²) in [5.74, 6) is -10.5. The minimum atomic E-state index is -6.96. The van der Waals surface area contributed by atoms with Gasteiger partial charge in [-0.3, -0.25) is 0 Å². The largest absolute Gasteiger partial charge is 0.497 e. The van der Waals surface area contributed by atoms with E-state index in [4.69, 9.17) is 4.74 Å². The van der Waals surface area contributed by atoms with Gasteiger partial charge in [-0.25, -0.2) is 9.18 Å². The zero-order valence-electron chi connectivity index (χ0n) is 15.6. The molecule has 1 atom stereocenters. The number of esters is 1. The molecule has 0 spiro atoms. The highest BCUT2D eigenvalue weighted by Crippen LogP contribution is 2.48. The second-order valence-corrected chi connectivity index (χ2v) is 6.03. The monoisotopic (exact) mass is 479 g/mol. The van der Waals surface area contributed by atoms with Crippen LogP contribution in [0.5, 0.6) is 11.5 Å². The lowest BCUT2D eigenvalue weighted by molar-refractivity contribution is -0.446. The van der Waals surface area contributed by atoms with Crippen molar-refractivity contribution in [3.8, 4) is 22.6 Å². The molecule has 4 nitrogen and oxygen atoms in total. The van der Waals surface area contributed by atoms with Gasteiger partial charge < -0.3 is 9.47 Å². The summed E-state index contributed by atoms with van der Waals surface area (Å²) in [5, 5.41) is 0. The third kappa shape index (κ3) is 5.06. The molecule has 2 aromatic rings. The summed E-state index contributed by atoms with van der Waals surface area (Å²) in [6.07, 6.45) is -20.9. The predicted octanol–water partition coefficient (Wildman–Crippen LogP) is 5.84. The lowest BCUT2D eigenvalue weighted by Gasteiger charge is -2.37. The summed E-state index contributed by atoms with van der Waals surface area (Å²) in [4.78, 5) is 8.17. The van der Waals surface area contributed by atoms with E-state index in [1.807, 2.05) is 0 Å². The third-order valence-electron chi connectivity index (χ3n) is 3.95. The fourth-order valence-corrected chi connectivity index (χ4v) is 2.50. The quantitative estimate of drug-likeness (QED) is 0.234. The second-order valence-electron chi connectivity index (χ2n) is 6.03. The number of methoxy groups -OCH3 is 1. The Hall–Kier alpha value is -3.03. The lowest BCUT2D eigenvalue weighted by Crippen LogP contribution is -2.70. The number of nitrogens with zero attached hydrogens (tertiary/aromatic N) is 1. The third-order valence-corrected chi connectivity index (χ3v) is 3.95. The molecule has 0 heterocycles. The number of hydrogen-bond donors (Lipinski definition) is 0. The zero-order valence-corrected chi connectivity index (χ0v) is 15.6. The van der Waals surface area contributed by atoms with Crippen LogP contribution in [0.1, 0.15) is 0 Å². The van der Waals surface area contributed by atoms with Gasteiger partial charge in [0, 0.05) is 0 Å². The van der Waals surface area contributed by atoms with Gasteiger partial charge in [0.1, 0.15) is 11.5 Å². The molecule has 2 aromatic carbocycles. The van der Waals surface area contributed by atoms with Crippen LogP contribution in [0.15, 0.2) is 48.5 Å². The summed E-state index contributed by atoms with van der Waals surface area (Å²) in [6, 6.07) is 9.99.